The van der Waals surface area contributed by atoms with E-state index in [1.165, 1.54) is 17.7 Å². The number of guanidine groups is 1. The molecule has 0 unspecified atom stereocenters. The van der Waals surface area contributed by atoms with Crippen LogP contribution in [0.25, 0.3) is 0 Å². The zero-order valence-corrected chi connectivity index (χ0v) is 19.8. The number of hydrogen-bond donors (Lipinski definition) is 2. The van der Waals surface area contributed by atoms with Crippen molar-refractivity contribution in [1.29, 1.82) is 0 Å². The van der Waals surface area contributed by atoms with E-state index in [1.54, 1.807) is 31.3 Å². The molecule has 1 aliphatic carbocycles. The monoisotopic (exact) mass is 531 g/mol. The molecule has 3 rings (SSSR count). The zero-order chi connectivity index (χ0) is 19.2. The maximum atomic E-state index is 12.3. The molecule has 152 valence electrons. The summed E-state index contributed by atoms with van der Waals surface area (Å²) in [6.45, 7) is 1.12. The fourth-order valence-corrected chi connectivity index (χ4v) is 5.13. The van der Waals surface area contributed by atoms with Crippen LogP contribution < -0.4 is 10.6 Å². The molecule has 0 saturated heterocycles. The van der Waals surface area contributed by atoms with Gasteiger partial charge in [0.2, 0.25) is 0 Å². The average molecular weight is 531 g/mol. The molecule has 2 N–H and O–H groups in total. The van der Waals surface area contributed by atoms with Gasteiger partial charge in [-0.25, -0.2) is 8.42 Å². The quantitative estimate of drug-likeness (QED) is 0.310. The van der Waals surface area contributed by atoms with Crippen molar-refractivity contribution in [3.63, 3.8) is 0 Å². The highest BCUT2D eigenvalue weighted by Gasteiger charge is 2.43. The smallest absolute Gasteiger partial charge is 0.191 e. The van der Waals surface area contributed by atoms with Crippen LogP contribution in [0.4, 0.5) is 0 Å². The molecule has 1 saturated carbocycles. The lowest BCUT2D eigenvalue weighted by molar-refractivity contribution is 0.594. The lowest BCUT2D eigenvalue weighted by Crippen LogP contribution is -2.42. The van der Waals surface area contributed by atoms with Gasteiger partial charge in [-0.2, -0.15) is 0 Å². The molecular formula is C20H26IN3O2S2. The van der Waals surface area contributed by atoms with Crippen LogP contribution in [0.1, 0.15) is 12.8 Å². The van der Waals surface area contributed by atoms with Crippen molar-refractivity contribution in [2.45, 2.75) is 27.4 Å². The van der Waals surface area contributed by atoms with E-state index in [9.17, 15) is 8.42 Å². The molecule has 28 heavy (non-hydrogen) atoms. The second-order valence-corrected chi connectivity index (χ2v) is 10.2. The Morgan fingerprint density at radius 3 is 2.21 bits per heavy atom. The number of benzene rings is 2. The van der Waals surface area contributed by atoms with E-state index in [1.807, 2.05) is 23.9 Å². The molecule has 8 heteroatoms. The van der Waals surface area contributed by atoms with E-state index in [0.717, 1.165) is 6.54 Å². The highest BCUT2D eigenvalue weighted by Crippen LogP contribution is 2.51. The second-order valence-electron chi connectivity index (χ2n) is 6.58. The largest absolute Gasteiger partial charge is 0.355 e. The van der Waals surface area contributed by atoms with Crippen LogP contribution in [0.15, 0.2) is 75.4 Å². The van der Waals surface area contributed by atoms with Crippen LogP contribution in [0.3, 0.4) is 0 Å². The third-order valence-electron chi connectivity index (χ3n) is 4.45. The summed E-state index contributed by atoms with van der Waals surface area (Å²) in [7, 11) is -1.59. The molecule has 2 aromatic carbocycles. The summed E-state index contributed by atoms with van der Waals surface area (Å²) >= 11 is 1.89. The Kier molecular flexibility index (Phi) is 8.63. The van der Waals surface area contributed by atoms with Gasteiger partial charge in [-0.1, -0.05) is 36.4 Å². The van der Waals surface area contributed by atoms with E-state index >= 15 is 0 Å². The second kappa shape index (κ2) is 10.5. The highest BCUT2D eigenvalue weighted by atomic mass is 127. The van der Waals surface area contributed by atoms with Crippen LogP contribution in [-0.4, -0.2) is 45.0 Å². The fraction of sp³-hybridized carbons (Fsp3) is 0.350. The van der Waals surface area contributed by atoms with Crippen LogP contribution in [0, 0.1) is 0 Å². The number of halogens is 1. The molecular weight excluding hydrogens is 505 g/mol. The van der Waals surface area contributed by atoms with Gasteiger partial charge in [0.15, 0.2) is 15.8 Å². The predicted octanol–water partition coefficient (Wildman–Crippen LogP) is 3.57. The summed E-state index contributed by atoms with van der Waals surface area (Å²) in [5.74, 6) is 0.667. The Morgan fingerprint density at radius 1 is 1.04 bits per heavy atom. The van der Waals surface area contributed by atoms with Crippen molar-refractivity contribution in [1.82, 2.24) is 10.6 Å². The van der Waals surface area contributed by atoms with Crippen LogP contribution in [-0.2, 0) is 9.84 Å². The minimum Gasteiger partial charge on any atom is -0.355 e. The molecule has 0 radical (unpaired) electrons. The predicted molar refractivity (Wildman–Crippen MR) is 128 cm³/mol. The van der Waals surface area contributed by atoms with Crippen molar-refractivity contribution in [2.75, 3.05) is 25.9 Å². The van der Waals surface area contributed by atoms with Gasteiger partial charge in [0.1, 0.15) is 0 Å². The summed E-state index contributed by atoms with van der Waals surface area (Å²) < 4.78 is 24.9. The number of nitrogens with one attached hydrogen (secondary N) is 2. The molecule has 1 fully saturated rings. The zero-order valence-electron chi connectivity index (χ0n) is 15.8. The van der Waals surface area contributed by atoms with Crippen LogP contribution >= 0.6 is 35.7 Å². The van der Waals surface area contributed by atoms with Crippen LogP contribution in [0.5, 0.6) is 0 Å². The number of aliphatic imine (C=N–C) groups is 1. The average Bonchev–Trinajstić information content (AvgIpc) is 3.45. The normalized spacial score (nSPS) is 15.4. The molecule has 2 aromatic rings. The summed E-state index contributed by atoms with van der Waals surface area (Å²) in [5.41, 5.74) is 0. The first-order chi connectivity index (χ1) is 13.0. The Bertz CT molecular complexity index is 871. The Hall–Kier alpha value is -1.26. The molecule has 0 spiro atoms. The molecule has 0 amide bonds. The van der Waals surface area contributed by atoms with Gasteiger partial charge >= 0.3 is 0 Å². The summed E-state index contributed by atoms with van der Waals surface area (Å²) in [5, 5.41) is 6.45. The summed E-state index contributed by atoms with van der Waals surface area (Å²) in [6, 6.07) is 18.9. The van der Waals surface area contributed by atoms with Gasteiger partial charge < -0.3 is 10.6 Å². The third-order valence-corrected chi connectivity index (χ3v) is 7.68. The van der Waals surface area contributed by atoms with Gasteiger partial charge in [0.05, 0.1) is 10.6 Å². The molecule has 0 aromatic heterocycles. The SMILES string of the molecule is CN=C(NCCS(=O)(=O)c1ccccc1)NCC1(Sc2ccccc2)CC1.I. The number of thioether (sulfide) groups is 1. The number of nitrogens with zero attached hydrogens (tertiary/aromatic N) is 1. The Morgan fingerprint density at radius 2 is 1.64 bits per heavy atom. The van der Waals surface area contributed by atoms with Crippen molar-refractivity contribution in [3.8, 4) is 0 Å². The molecule has 0 heterocycles. The Labute approximate surface area is 188 Å². The minimum absolute atomic E-state index is 0. The van der Waals surface area contributed by atoms with E-state index in [4.69, 9.17) is 0 Å². The van der Waals surface area contributed by atoms with Crippen LogP contribution in [0.2, 0.25) is 0 Å². The first-order valence-corrected chi connectivity index (χ1v) is 11.5. The highest BCUT2D eigenvalue weighted by molar-refractivity contribution is 14.0. The molecule has 5 nitrogen and oxygen atoms in total. The van der Waals surface area contributed by atoms with Gasteiger partial charge in [-0.05, 0) is 37.1 Å². The van der Waals surface area contributed by atoms with E-state index < -0.39 is 9.84 Å². The first-order valence-electron chi connectivity index (χ1n) is 8.99. The lowest BCUT2D eigenvalue weighted by Gasteiger charge is -2.18. The molecule has 0 aliphatic heterocycles. The Balaban J connectivity index is 0.00000280. The number of rotatable bonds is 8. The van der Waals surface area contributed by atoms with Gasteiger partial charge in [0.25, 0.3) is 0 Å². The fourth-order valence-electron chi connectivity index (χ4n) is 2.71. The first kappa shape index (κ1) is 23.0. The van der Waals surface area contributed by atoms with Crippen molar-refractivity contribution in [2.24, 2.45) is 4.99 Å². The summed E-state index contributed by atoms with van der Waals surface area (Å²) in [6.07, 6.45) is 2.33. The topological polar surface area (TPSA) is 70.6 Å². The third kappa shape index (κ3) is 6.66. The maximum Gasteiger partial charge on any atom is 0.191 e. The standard InChI is InChI=1S/C20H25N3O2S2.HI/c1-21-19(22-14-15-27(24,25)18-10-6-3-7-11-18)23-16-20(12-13-20)26-17-8-4-2-5-9-17;/h2-11H,12-16H2,1H3,(H2,21,22,23);1H. The molecule has 0 atom stereocenters. The number of hydrogen-bond acceptors (Lipinski definition) is 4. The van der Waals surface area contributed by atoms with Gasteiger partial charge in [-0.15, -0.1) is 35.7 Å². The summed E-state index contributed by atoms with van der Waals surface area (Å²) in [4.78, 5) is 5.83. The van der Waals surface area contributed by atoms with Crippen molar-refractivity contribution in [3.05, 3.63) is 60.7 Å². The minimum atomic E-state index is -3.29. The van der Waals surface area contributed by atoms with Crippen molar-refractivity contribution < 1.29 is 8.42 Å². The van der Waals surface area contributed by atoms with Gasteiger partial charge in [-0.3, -0.25) is 4.99 Å². The number of sulfone groups is 1. The van der Waals surface area contributed by atoms with Crippen molar-refractivity contribution >= 4 is 51.5 Å². The van der Waals surface area contributed by atoms with E-state index in [2.05, 4.69) is 39.9 Å². The maximum absolute atomic E-state index is 12.3. The van der Waals surface area contributed by atoms with E-state index in [-0.39, 0.29) is 34.5 Å². The molecule has 0 bridgehead atoms. The lowest BCUT2D eigenvalue weighted by atomic mass is 10.4. The van der Waals surface area contributed by atoms with E-state index in [0.29, 0.717) is 17.4 Å². The van der Waals surface area contributed by atoms with Gasteiger partial charge in [0, 0.05) is 29.8 Å². The molecule has 1 aliphatic rings.